The number of hydrogen-bond acceptors (Lipinski definition) is 8. The van der Waals surface area contributed by atoms with E-state index in [1.54, 1.807) is 14.2 Å². The maximum absolute atomic E-state index is 9.86. The highest BCUT2D eigenvalue weighted by Crippen LogP contribution is 2.21. The summed E-state index contributed by atoms with van der Waals surface area (Å²) in [6.45, 7) is 3.08. The van der Waals surface area contributed by atoms with E-state index in [1.165, 1.54) is 0 Å². The Morgan fingerprint density at radius 1 is 0.765 bits per heavy atom. The Balaban J connectivity index is 1.76. The number of aliphatic hydroxyl groups is 1. The van der Waals surface area contributed by atoms with Crippen molar-refractivity contribution in [2.45, 2.75) is 31.8 Å². The minimum atomic E-state index is -0.0172. The molecule has 0 aliphatic carbocycles. The first-order valence-electron chi connectivity index (χ1n) is 11.7. The molecule has 0 bridgehead atoms. The molecule has 0 heterocycles. The van der Waals surface area contributed by atoms with E-state index in [0.29, 0.717) is 33.0 Å². The summed E-state index contributed by atoms with van der Waals surface area (Å²) in [7, 11) is 3.28. The number of aryl methyl sites for hydroxylation is 1. The Morgan fingerprint density at radius 2 is 1.32 bits per heavy atom. The quantitative estimate of drug-likeness (QED) is 0.222. The normalized spacial score (nSPS) is 12.0. The number of para-hydroxylation sites is 2. The van der Waals surface area contributed by atoms with Gasteiger partial charge < -0.3 is 38.8 Å². The molecule has 2 aromatic rings. The third kappa shape index (κ3) is 11.3. The lowest BCUT2D eigenvalue weighted by Gasteiger charge is -2.18. The minimum absolute atomic E-state index is 0.0172. The van der Waals surface area contributed by atoms with Gasteiger partial charge in [-0.3, -0.25) is 0 Å². The van der Waals surface area contributed by atoms with Crippen LogP contribution < -0.4 is 14.8 Å². The van der Waals surface area contributed by atoms with Crippen LogP contribution in [0.2, 0.25) is 0 Å². The highest BCUT2D eigenvalue weighted by Gasteiger charge is 2.11. The smallest absolute Gasteiger partial charge is 0.189 e. The maximum Gasteiger partial charge on any atom is 0.189 e. The van der Waals surface area contributed by atoms with Crippen molar-refractivity contribution in [3.63, 3.8) is 0 Å². The molecule has 8 heteroatoms. The second-order valence-corrected chi connectivity index (χ2v) is 7.69. The molecule has 0 radical (unpaired) electrons. The fourth-order valence-electron chi connectivity index (χ4n) is 3.31. The standard InChI is InChI=1S/C26H39NO7/c1-29-14-16-31-20-33-25-12-5-3-8-22(25)10-7-11-24(19-28)27-18-23-9-4-6-13-26(23)34-21-32-17-15-30-2/h3-6,8-9,12-13,24,27-28H,7,10-11,14-21H2,1-2H3. The summed E-state index contributed by atoms with van der Waals surface area (Å²) in [6.07, 6.45) is 2.60. The van der Waals surface area contributed by atoms with Crippen molar-refractivity contribution in [3.8, 4) is 11.5 Å². The summed E-state index contributed by atoms with van der Waals surface area (Å²) >= 11 is 0. The van der Waals surface area contributed by atoms with Crippen LogP contribution in [0.1, 0.15) is 24.0 Å². The first-order valence-corrected chi connectivity index (χ1v) is 11.7. The van der Waals surface area contributed by atoms with Crippen LogP contribution in [0.5, 0.6) is 11.5 Å². The van der Waals surface area contributed by atoms with Gasteiger partial charge in [0.2, 0.25) is 0 Å². The number of ether oxygens (including phenoxy) is 6. The molecular weight excluding hydrogens is 438 g/mol. The van der Waals surface area contributed by atoms with Crippen molar-refractivity contribution in [1.82, 2.24) is 5.32 Å². The largest absolute Gasteiger partial charge is 0.467 e. The van der Waals surface area contributed by atoms with Gasteiger partial charge in [0.05, 0.1) is 33.0 Å². The molecule has 2 N–H and O–H groups in total. The van der Waals surface area contributed by atoms with Crippen LogP contribution in [-0.4, -0.2) is 72.0 Å². The minimum Gasteiger partial charge on any atom is -0.467 e. The molecular formula is C26H39NO7. The van der Waals surface area contributed by atoms with Crippen molar-refractivity contribution in [3.05, 3.63) is 59.7 Å². The van der Waals surface area contributed by atoms with Crippen LogP contribution in [0, 0.1) is 0 Å². The number of hydrogen-bond donors (Lipinski definition) is 2. The van der Waals surface area contributed by atoms with E-state index in [4.69, 9.17) is 28.4 Å². The van der Waals surface area contributed by atoms with E-state index in [2.05, 4.69) is 11.4 Å². The topological polar surface area (TPSA) is 87.6 Å². The summed E-state index contributed by atoms with van der Waals surface area (Å²) in [6, 6.07) is 15.8. The van der Waals surface area contributed by atoms with Gasteiger partial charge in [-0.15, -0.1) is 0 Å². The highest BCUT2D eigenvalue weighted by molar-refractivity contribution is 5.34. The zero-order valence-electron chi connectivity index (χ0n) is 20.4. The van der Waals surface area contributed by atoms with Crippen LogP contribution in [-0.2, 0) is 31.9 Å². The lowest BCUT2D eigenvalue weighted by Crippen LogP contribution is -2.32. The molecule has 2 rings (SSSR count). The monoisotopic (exact) mass is 477 g/mol. The summed E-state index contributed by atoms with van der Waals surface area (Å²) < 4.78 is 32.2. The molecule has 0 spiro atoms. The summed E-state index contributed by atoms with van der Waals surface area (Å²) in [5.41, 5.74) is 2.14. The molecule has 0 saturated carbocycles. The summed E-state index contributed by atoms with van der Waals surface area (Å²) in [4.78, 5) is 0. The van der Waals surface area contributed by atoms with Gasteiger partial charge in [0.15, 0.2) is 13.6 Å². The molecule has 8 nitrogen and oxygen atoms in total. The van der Waals surface area contributed by atoms with Gasteiger partial charge >= 0.3 is 0 Å². The molecule has 2 aromatic carbocycles. The number of aliphatic hydroxyl groups excluding tert-OH is 1. The molecule has 0 fully saturated rings. The van der Waals surface area contributed by atoms with Gasteiger partial charge in [0, 0.05) is 32.4 Å². The summed E-state index contributed by atoms with van der Waals surface area (Å²) in [5.74, 6) is 1.59. The SMILES string of the molecule is COCCOCOc1ccccc1CCCC(CO)NCc1ccccc1OCOCCOC. The molecule has 0 aliphatic rings. The van der Waals surface area contributed by atoms with Crippen molar-refractivity contribution < 1.29 is 33.5 Å². The van der Waals surface area contributed by atoms with E-state index >= 15 is 0 Å². The Morgan fingerprint density at radius 3 is 1.91 bits per heavy atom. The number of benzene rings is 2. The average Bonchev–Trinajstić information content (AvgIpc) is 2.87. The number of nitrogens with one attached hydrogen (secondary N) is 1. The van der Waals surface area contributed by atoms with Crippen LogP contribution in [0.25, 0.3) is 0 Å². The van der Waals surface area contributed by atoms with E-state index in [1.807, 2.05) is 42.5 Å². The van der Waals surface area contributed by atoms with Crippen LogP contribution in [0.3, 0.4) is 0 Å². The van der Waals surface area contributed by atoms with Crippen molar-refractivity contribution in [2.75, 3.05) is 60.8 Å². The lowest BCUT2D eigenvalue weighted by molar-refractivity contribution is -0.00903. The molecule has 0 aliphatic heterocycles. The first kappa shape index (κ1) is 28.0. The van der Waals surface area contributed by atoms with Crippen LogP contribution in [0.4, 0.5) is 0 Å². The number of methoxy groups -OCH3 is 2. The van der Waals surface area contributed by atoms with Crippen molar-refractivity contribution in [1.29, 1.82) is 0 Å². The Kier molecular flexibility index (Phi) is 15.0. The van der Waals surface area contributed by atoms with Gasteiger partial charge in [-0.25, -0.2) is 0 Å². The molecule has 0 saturated heterocycles. The van der Waals surface area contributed by atoms with Gasteiger partial charge in [-0.2, -0.15) is 0 Å². The fourth-order valence-corrected chi connectivity index (χ4v) is 3.31. The Hall–Kier alpha value is -2.20. The third-order valence-corrected chi connectivity index (χ3v) is 5.20. The molecule has 34 heavy (non-hydrogen) atoms. The van der Waals surface area contributed by atoms with Gasteiger partial charge in [-0.1, -0.05) is 36.4 Å². The molecule has 1 unspecified atom stereocenters. The number of rotatable bonds is 20. The predicted octanol–water partition coefficient (Wildman–Crippen LogP) is 3.16. The van der Waals surface area contributed by atoms with E-state index in [0.717, 1.165) is 41.9 Å². The van der Waals surface area contributed by atoms with Crippen LogP contribution >= 0.6 is 0 Å². The maximum atomic E-state index is 9.86. The van der Waals surface area contributed by atoms with Gasteiger partial charge in [0.1, 0.15) is 11.5 Å². The second-order valence-electron chi connectivity index (χ2n) is 7.69. The second kappa shape index (κ2) is 18.2. The molecule has 0 amide bonds. The molecule has 0 aromatic heterocycles. The molecule has 1 atom stereocenters. The van der Waals surface area contributed by atoms with Crippen molar-refractivity contribution >= 4 is 0 Å². The Bertz CT molecular complexity index is 774. The van der Waals surface area contributed by atoms with Gasteiger partial charge in [0.25, 0.3) is 0 Å². The predicted molar refractivity (Wildman–Crippen MR) is 130 cm³/mol. The highest BCUT2D eigenvalue weighted by atomic mass is 16.7. The van der Waals surface area contributed by atoms with E-state index in [9.17, 15) is 5.11 Å². The average molecular weight is 478 g/mol. The van der Waals surface area contributed by atoms with Crippen molar-refractivity contribution in [2.24, 2.45) is 0 Å². The Labute approximate surface area is 203 Å². The van der Waals surface area contributed by atoms with E-state index < -0.39 is 0 Å². The summed E-state index contributed by atoms with van der Waals surface area (Å²) in [5, 5.41) is 13.3. The van der Waals surface area contributed by atoms with Gasteiger partial charge in [-0.05, 0) is 37.0 Å². The molecule has 190 valence electrons. The fraction of sp³-hybridized carbons (Fsp3) is 0.538. The first-order chi connectivity index (χ1) is 16.8. The lowest BCUT2D eigenvalue weighted by atomic mass is 10.0. The third-order valence-electron chi connectivity index (χ3n) is 5.20. The van der Waals surface area contributed by atoms with Crippen LogP contribution in [0.15, 0.2) is 48.5 Å². The zero-order chi connectivity index (χ0) is 24.3. The zero-order valence-corrected chi connectivity index (χ0v) is 20.4. The van der Waals surface area contributed by atoms with E-state index in [-0.39, 0.29) is 26.2 Å².